The Balaban J connectivity index is 2.31. The molecular weight excluding hydrogens is 368 g/mol. The number of carbonyl (C=O) groups excluding carboxylic acids is 2. The van der Waals surface area contributed by atoms with Crippen LogP contribution < -0.4 is 0 Å². The number of rotatable bonds is 4. The molecule has 0 unspecified atom stereocenters. The van der Waals surface area contributed by atoms with E-state index in [9.17, 15) is 9.59 Å². The van der Waals surface area contributed by atoms with E-state index in [1.807, 2.05) is 13.0 Å². The molecule has 0 aromatic heterocycles. The van der Waals surface area contributed by atoms with Crippen molar-refractivity contribution in [2.45, 2.75) is 91.0 Å². The number of carbonyl (C=O) groups is 2. The molecule has 0 bridgehead atoms. The monoisotopic (exact) mass is 404 g/mol. The van der Waals surface area contributed by atoms with Crippen LogP contribution in [-0.4, -0.2) is 36.4 Å². The van der Waals surface area contributed by atoms with Gasteiger partial charge < -0.3 is 14.2 Å². The zero-order chi connectivity index (χ0) is 21.6. The van der Waals surface area contributed by atoms with Crippen molar-refractivity contribution in [3.05, 3.63) is 35.5 Å². The SMILES string of the molecule is C=C(C)[C@H]1CC/C(C)=C/CC[C@@]2(C)O[C@@H]2CC/C(COC(C)=O)=C\[C@@H]1OC(C)=O. The van der Waals surface area contributed by atoms with E-state index in [2.05, 4.69) is 26.5 Å². The third-order valence-corrected chi connectivity index (χ3v) is 5.94. The number of esters is 2. The Hall–Kier alpha value is -1.88. The third-order valence-electron chi connectivity index (χ3n) is 5.94. The number of allylic oxidation sites excluding steroid dienone is 2. The number of fused-ring (bicyclic) bond motifs is 1. The van der Waals surface area contributed by atoms with E-state index in [0.29, 0.717) is 0 Å². The minimum absolute atomic E-state index is 0.0139. The highest BCUT2D eigenvalue weighted by Crippen LogP contribution is 2.44. The van der Waals surface area contributed by atoms with Crippen molar-refractivity contribution in [1.29, 1.82) is 0 Å². The molecule has 1 aliphatic carbocycles. The van der Waals surface area contributed by atoms with Gasteiger partial charge in [-0.15, -0.1) is 0 Å². The summed E-state index contributed by atoms with van der Waals surface area (Å²) in [6, 6.07) is 0. The van der Waals surface area contributed by atoms with Crippen molar-refractivity contribution in [2.24, 2.45) is 5.92 Å². The molecule has 0 N–H and O–H groups in total. The van der Waals surface area contributed by atoms with Gasteiger partial charge in [-0.25, -0.2) is 0 Å². The molecular formula is C24H36O5. The quantitative estimate of drug-likeness (QED) is 0.372. The van der Waals surface area contributed by atoms with Gasteiger partial charge in [-0.1, -0.05) is 23.8 Å². The summed E-state index contributed by atoms with van der Waals surface area (Å²) in [5.74, 6) is -0.630. The molecule has 1 fully saturated rings. The fourth-order valence-corrected chi connectivity index (χ4v) is 4.03. The molecule has 5 heteroatoms. The predicted octanol–water partition coefficient (Wildman–Crippen LogP) is 5.06. The maximum Gasteiger partial charge on any atom is 0.303 e. The predicted molar refractivity (Wildman–Crippen MR) is 113 cm³/mol. The van der Waals surface area contributed by atoms with Crippen LogP contribution in [0.5, 0.6) is 0 Å². The highest BCUT2D eigenvalue weighted by molar-refractivity contribution is 5.66. The van der Waals surface area contributed by atoms with Gasteiger partial charge in [0.2, 0.25) is 0 Å². The minimum Gasteiger partial charge on any atom is -0.461 e. The van der Waals surface area contributed by atoms with E-state index in [-0.39, 0.29) is 36.2 Å². The summed E-state index contributed by atoms with van der Waals surface area (Å²) in [6.45, 7) is 13.5. The summed E-state index contributed by atoms with van der Waals surface area (Å²) >= 11 is 0. The molecule has 0 aromatic carbocycles. The summed E-state index contributed by atoms with van der Waals surface area (Å²) in [5.41, 5.74) is 3.21. The molecule has 1 aliphatic heterocycles. The zero-order valence-electron chi connectivity index (χ0n) is 18.6. The van der Waals surface area contributed by atoms with Gasteiger partial charge in [0.15, 0.2) is 0 Å². The molecule has 0 amide bonds. The summed E-state index contributed by atoms with van der Waals surface area (Å²) in [6.07, 6.45) is 9.44. The van der Waals surface area contributed by atoms with Gasteiger partial charge in [0.25, 0.3) is 0 Å². The van der Waals surface area contributed by atoms with Gasteiger partial charge in [-0.3, -0.25) is 9.59 Å². The topological polar surface area (TPSA) is 65.1 Å². The van der Waals surface area contributed by atoms with Gasteiger partial charge in [-0.2, -0.15) is 0 Å². The van der Waals surface area contributed by atoms with Gasteiger partial charge in [0.1, 0.15) is 12.7 Å². The Labute approximate surface area is 175 Å². The van der Waals surface area contributed by atoms with Crippen molar-refractivity contribution >= 4 is 11.9 Å². The van der Waals surface area contributed by atoms with Crippen molar-refractivity contribution in [2.75, 3.05) is 6.61 Å². The Morgan fingerprint density at radius 3 is 2.55 bits per heavy atom. The van der Waals surface area contributed by atoms with Crippen LogP contribution in [0.2, 0.25) is 0 Å². The first-order valence-corrected chi connectivity index (χ1v) is 10.6. The van der Waals surface area contributed by atoms with Crippen molar-refractivity contribution < 1.29 is 23.8 Å². The lowest BCUT2D eigenvalue weighted by Gasteiger charge is -2.26. The Kier molecular flexibility index (Phi) is 8.26. The fourth-order valence-electron chi connectivity index (χ4n) is 4.03. The lowest BCUT2D eigenvalue weighted by molar-refractivity contribution is -0.146. The van der Waals surface area contributed by atoms with E-state index < -0.39 is 6.10 Å². The van der Waals surface area contributed by atoms with E-state index in [1.165, 1.54) is 19.4 Å². The summed E-state index contributed by atoms with van der Waals surface area (Å²) in [4.78, 5) is 23.2. The summed E-state index contributed by atoms with van der Waals surface area (Å²) in [7, 11) is 0. The van der Waals surface area contributed by atoms with Gasteiger partial charge in [0.05, 0.1) is 11.7 Å². The highest BCUT2D eigenvalue weighted by atomic mass is 16.6. The molecule has 0 radical (unpaired) electrons. The smallest absolute Gasteiger partial charge is 0.303 e. The van der Waals surface area contributed by atoms with Crippen LogP contribution in [0.3, 0.4) is 0 Å². The molecule has 162 valence electrons. The summed E-state index contributed by atoms with van der Waals surface area (Å²) in [5, 5.41) is 0. The average molecular weight is 405 g/mol. The average Bonchev–Trinajstić information content (AvgIpc) is 3.25. The van der Waals surface area contributed by atoms with Gasteiger partial charge in [-0.05, 0) is 70.9 Å². The van der Waals surface area contributed by atoms with Crippen LogP contribution >= 0.6 is 0 Å². The maximum atomic E-state index is 11.8. The van der Waals surface area contributed by atoms with Crippen molar-refractivity contribution in [3.63, 3.8) is 0 Å². The van der Waals surface area contributed by atoms with Crippen LogP contribution in [0.15, 0.2) is 35.5 Å². The van der Waals surface area contributed by atoms with E-state index >= 15 is 0 Å². The molecule has 2 aliphatic rings. The lowest BCUT2D eigenvalue weighted by Crippen LogP contribution is -2.26. The van der Waals surface area contributed by atoms with Crippen LogP contribution in [-0.2, 0) is 23.8 Å². The molecule has 0 spiro atoms. The third kappa shape index (κ3) is 7.46. The number of ether oxygens (including phenoxy) is 3. The molecule has 1 saturated heterocycles. The second-order valence-corrected chi connectivity index (χ2v) is 8.72. The van der Waals surface area contributed by atoms with Crippen molar-refractivity contribution in [1.82, 2.24) is 0 Å². The first-order valence-electron chi connectivity index (χ1n) is 10.6. The minimum atomic E-state index is -0.419. The number of epoxide rings is 1. The van der Waals surface area contributed by atoms with Gasteiger partial charge >= 0.3 is 11.9 Å². The highest BCUT2D eigenvalue weighted by Gasteiger charge is 2.50. The molecule has 0 saturated carbocycles. The first kappa shape index (κ1) is 23.4. The molecule has 2 rings (SSSR count). The standard InChI is InChI=1S/C24H36O5/c1-16(2)21-11-9-17(3)8-7-13-24(6)23(29-24)12-10-20(15-27-18(4)25)14-22(21)28-19(5)26/h8,14,21-23H,1,7,9-13,15H2,2-6H3/b17-8+,20-14+/t21-,22+,23-,24-/m1/s1. The van der Waals surface area contributed by atoms with Crippen LogP contribution in [0.1, 0.15) is 73.1 Å². The largest absolute Gasteiger partial charge is 0.461 e. The van der Waals surface area contributed by atoms with Crippen LogP contribution in [0.25, 0.3) is 0 Å². The number of hydrogen-bond acceptors (Lipinski definition) is 5. The normalized spacial score (nSPS) is 34.3. The molecule has 0 aromatic rings. The zero-order valence-corrected chi connectivity index (χ0v) is 18.6. The first-order chi connectivity index (χ1) is 13.6. The molecule has 5 nitrogen and oxygen atoms in total. The number of hydrogen-bond donors (Lipinski definition) is 0. The van der Waals surface area contributed by atoms with E-state index in [0.717, 1.165) is 49.7 Å². The molecule has 4 atom stereocenters. The van der Waals surface area contributed by atoms with Crippen LogP contribution in [0, 0.1) is 5.92 Å². The lowest BCUT2D eigenvalue weighted by atomic mass is 9.86. The molecule has 1 heterocycles. The maximum absolute atomic E-state index is 11.8. The van der Waals surface area contributed by atoms with E-state index in [4.69, 9.17) is 14.2 Å². The molecule has 29 heavy (non-hydrogen) atoms. The van der Waals surface area contributed by atoms with Crippen molar-refractivity contribution in [3.8, 4) is 0 Å². The Morgan fingerprint density at radius 2 is 1.93 bits per heavy atom. The van der Waals surface area contributed by atoms with E-state index in [1.54, 1.807) is 0 Å². The van der Waals surface area contributed by atoms with Gasteiger partial charge in [0, 0.05) is 19.8 Å². The Morgan fingerprint density at radius 1 is 1.21 bits per heavy atom. The van der Waals surface area contributed by atoms with Crippen LogP contribution in [0.4, 0.5) is 0 Å². The Bertz CT molecular complexity index is 689. The summed E-state index contributed by atoms with van der Waals surface area (Å²) < 4.78 is 16.9. The second kappa shape index (κ2) is 10.2. The second-order valence-electron chi connectivity index (χ2n) is 8.72. The fraction of sp³-hybridized carbons (Fsp3) is 0.667.